The number of benzene rings is 2. The molecule has 0 atom stereocenters. The highest BCUT2D eigenvalue weighted by Crippen LogP contribution is 2.27. The lowest BCUT2D eigenvalue weighted by atomic mass is 10.1. The van der Waals surface area contributed by atoms with E-state index in [4.69, 9.17) is 5.21 Å². The molecule has 0 aliphatic carbocycles. The smallest absolute Gasteiger partial charge is 0.204 e. The molecule has 0 unspecified atom stereocenters. The van der Waals surface area contributed by atoms with E-state index in [0.29, 0.717) is 11.5 Å². The highest BCUT2D eigenvalue weighted by molar-refractivity contribution is 5.88. The van der Waals surface area contributed by atoms with Crippen LogP contribution in [0.4, 0.5) is 5.69 Å². The van der Waals surface area contributed by atoms with Gasteiger partial charge in [0.1, 0.15) is 0 Å². The molecule has 2 aromatic heterocycles. The number of aromatic amines is 1. The van der Waals surface area contributed by atoms with Gasteiger partial charge in [0.05, 0.1) is 11.2 Å². The third-order valence-corrected chi connectivity index (χ3v) is 3.93. The maximum absolute atomic E-state index is 8.90. The van der Waals surface area contributed by atoms with E-state index >= 15 is 0 Å². The van der Waals surface area contributed by atoms with Crippen LogP contribution >= 0.6 is 0 Å². The molecule has 0 fully saturated rings. The fourth-order valence-electron chi connectivity index (χ4n) is 2.68. The Morgan fingerprint density at radius 2 is 1.96 bits per heavy atom. The predicted molar refractivity (Wildman–Crippen MR) is 91.4 cm³/mol. The zero-order chi connectivity index (χ0) is 16.5. The van der Waals surface area contributed by atoms with Crippen molar-refractivity contribution in [3.8, 4) is 11.4 Å². The Balaban J connectivity index is 1.72. The van der Waals surface area contributed by atoms with Crippen molar-refractivity contribution in [2.24, 2.45) is 0 Å². The molecule has 0 aliphatic heterocycles. The molecule has 0 saturated carbocycles. The van der Waals surface area contributed by atoms with E-state index in [1.807, 2.05) is 47.2 Å². The molecule has 24 heavy (non-hydrogen) atoms. The van der Waals surface area contributed by atoms with Crippen molar-refractivity contribution in [2.45, 2.75) is 0 Å². The molecule has 0 radical (unpaired) electrons. The monoisotopic (exact) mass is 318 g/mol. The van der Waals surface area contributed by atoms with Crippen LogP contribution in [0, 0.1) is 0 Å². The number of H-pyrrole nitrogens is 1. The largest absolute Gasteiger partial charge is 0.317 e. The number of aromatic nitrogens is 5. The fraction of sp³-hybridized carbons (Fsp3) is 0. The Labute approximate surface area is 137 Å². The first kappa shape index (κ1) is 14.2. The molecule has 7 heteroatoms. The summed E-state index contributed by atoms with van der Waals surface area (Å²) in [5.41, 5.74) is 6.51. The lowest BCUT2D eigenvalue weighted by molar-refractivity contribution is 0.389. The average Bonchev–Trinajstić information content (AvgIpc) is 3.30. The zero-order valence-electron chi connectivity index (χ0n) is 12.6. The van der Waals surface area contributed by atoms with Crippen molar-refractivity contribution in [3.63, 3.8) is 0 Å². The summed E-state index contributed by atoms with van der Waals surface area (Å²) in [6.45, 7) is 4.19. The molecule has 4 rings (SSSR count). The summed E-state index contributed by atoms with van der Waals surface area (Å²) in [5.74, 6) is 0.565. The van der Waals surface area contributed by atoms with Crippen molar-refractivity contribution in [2.75, 3.05) is 5.48 Å². The average molecular weight is 318 g/mol. The number of rotatable bonds is 4. The van der Waals surface area contributed by atoms with E-state index < -0.39 is 0 Å². The van der Waals surface area contributed by atoms with Crippen LogP contribution in [-0.2, 0) is 0 Å². The third kappa shape index (κ3) is 2.33. The zero-order valence-corrected chi connectivity index (χ0v) is 12.6. The first-order chi connectivity index (χ1) is 11.8. The number of fused-ring (bicyclic) bond motifs is 1. The molecule has 0 amide bonds. The number of tetrazole rings is 1. The Morgan fingerprint density at radius 3 is 2.67 bits per heavy atom. The van der Waals surface area contributed by atoms with Gasteiger partial charge in [0.2, 0.25) is 5.82 Å². The lowest BCUT2D eigenvalue weighted by Crippen LogP contribution is -1.96. The molecule has 2 aromatic carbocycles. The Morgan fingerprint density at radius 1 is 1.12 bits per heavy atom. The second kappa shape index (κ2) is 5.64. The number of hydrogen-bond acceptors (Lipinski definition) is 5. The summed E-state index contributed by atoms with van der Waals surface area (Å²) in [4.78, 5) is 0. The molecule has 4 aromatic rings. The summed E-state index contributed by atoms with van der Waals surface area (Å²) in [7, 11) is 0. The number of nitrogens with zero attached hydrogens (tertiary/aromatic N) is 4. The molecule has 0 saturated heterocycles. The molecular weight excluding hydrogens is 304 g/mol. The first-order valence-corrected chi connectivity index (χ1v) is 7.31. The molecule has 118 valence electrons. The van der Waals surface area contributed by atoms with E-state index in [-0.39, 0.29) is 0 Å². The van der Waals surface area contributed by atoms with Gasteiger partial charge in [-0.2, -0.15) is 5.21 Å². The second-order valence-electron chi connectivity index (χ2n) is 5.33. The third-order valence-electron chi connectivity index (χ3n) is 3.93. The van der Waals surface area contributed by atoms with E-state index in [0.717, 1.165) is 27.7 Å². The maximum Gasteiger partial charge on any atom is 0.204 e. The van der Waals surface area contributed by atoms with E-state index in [1.165, 1.54) is 0 Å². The molecule has 0 spiro atoms. The van der Waals surface area contributed by atoms with Crippen molar-refractivity contribution >= 4 is 22.3 Å². The Hall–Kier alpha value is -3.45. The SMILES string of the molecule is C=C(c1ccc(NO)cc1)n1ccc2cc(-c3nn[nH]n3)ccc21. The molecule has 2 heterocycles. The van der Waals surface area contributed by atoms with E-state index in [1.54, 1.807) is 12.1 Å². The van der Waals surface area contributed by atoms with Gasteiger partial charge in [-0.1, -0.05) is 18.7 Å². The molecular formula is C17H14N6O. The number of hydrogen-bond donors (Lipinski definition) is 3. The van der Waals surface area contributed by atoms with E-state index in [2.05, 4.69) is 32.7 Å². The normalized spacial score (nSPS) is 10.9. The first-order valence-electron chi connectivity index (χ1n) is 7.31. The van der Waals surface area contributed by atoms with Gasteiger partial charge < -0.3 is 4.57 Å². The summed E-state index contributed by atoms with van der Waals surface area (Å²) in [5, 5.41) is 24.0. The van der Waals surface area contributed by atoms with Crippen LogP contribution in [0.3, 0.4) is 0 Å². The lowest BCUT2D eigenvalue weighted by Gasteiger charge is -2.10. The fourth-order valence-corrected chi connectivity index (χ4v) is 2.68. The van der Waals surface area contributed by atoms with Crippen LogP contribution in [0.5, 0.6) is 0 Å². The van der Waals surface area contributed by atoms with Gasteiger partial charge in [0.25, 0.3) is 0 Å². The van der Waals surface area contributed by atoms with Crippen molar-refractivity contribution in [1.82, 2.24) is 25.2 Å². The van der Waals surface area contributed by atoms with Gasteiger partial charge in [0.15, 0.2) is 0 Å². The van der Waals surface area contributed by atoms with Gasteiger partial charge in [0, 0.05) is 22.8 Å². The van der Waals surface area contributed by atoms with Gasteiger partial charge in [-0.15, -0.1) is 10.2 Å². The standard InChI is InChI=1S/C17H14N6O/c1-11(12-2-5-15(20-24)6-3-12)23-9-8-13-10-14(4-7-16(13)23)17-18-21-22-19-17/h2-10,20,24H,1H2,(H,18,19,21,22). The second-order valence-corrected chi connectivity index (χ2v) is 5.33. The van der Waals surface area contributed by atoms with Crippen LogP contribution in [0.2, 0.25) is 0 Å². The summed E-state index contributed by atoms with van der Waals surface area (Å²) in [6, 6.07) is 15.4. The van der Waals surface area contributed by atoms with Gasteiger partial charge in [-0.3, -0.25) is 10.7 Å². The van der Waals surface area contributed by atoms with E-state index in [9.17, 15) is 0 Å². The van der Waals surface area contributed by atoms with Crippen LogP contribution in [-0.4, -0.2) is 30.4 Å². The predicted octanol–water partition coefficient (Wildman–Crippen LogP) is 3.14. The minimum absolute atomic E-state index is 0.565. The number of nitrogens with one attached hydrogen (secondary N) is 2. The van der Waals surface area contributed by atoms with Crippen molar-refractivity contribution < 1.29 is 5.21 Å². The highest BCUT2D eigenvalue weighted by atomic mass is 16.5. The Kier molecular flexibility index (Phi) is 3.33. The summed E-state index contributed by atoms with van der Waals surface area (Å²) < 4.78 is 2.02. The highest BCUT2D eigenvalue weighted by Gasteiger charge is 2.09. The van der Waals surface area contributed by atoms with Crippen LogP contribution in [0.25, 0.3) is 28.0 Å². The molecule has 0 aliphatic rings. The maximum atomic E-state index is 8.90. The summed E-state index contributed by atoms with van der Waals surface area (Å²) >= 11 is 0. The minimum Gasteiger partial charge on any atom is -0.317 e. The number of anilines is 1. The van der Waals surface area contributed by atoms with Gasteiger partial charge in [-0.25, -0.2) is 0 Å². The van der Waals surface area contributed by atoms with Gasteiger partial charge in [-0.05, 0) is 47.2 Å². The quantitative estimate of drug-likeness (QED) is 0.503. The molecule has 0 bridgehead atoms. The molecule has 3 N–H and O–H groups in total. The molecule has 7 nitrogen and oxygen atoms in total. The van der Waals surface area contributed by atoms with Crippen LogP contribution in [0.1, 0.15) is 5.56 Å². The topological polar surface area (TPSA) is 91.6 Å². The Bertz CT molecular complexity index is 1000. The van der Waals surface area contributed by atoms with Crippen molar-refractivity contribution in [3.05, 3.63) is 66.9 Å². The summed E-state index contributed by atoms with van der Waals surface area (Å²) in [6.07, 6.45) is 1.98. The minimum atomic E-state index is 0.565. The van der Waals surface area contributed by atoms with Crippen LogP contribution < -0.4 is 5.48 Å². The van der Waals surface area contributed by atoms with Crippen LogP contribution in [0.15, 0.2) is 61.3 Å². The van der Waals surface area contributed by atoms with Gasteiger partial charge >= 0.3 is 0 Å². The van der Waals surface area contributed by atoms with Crippen molar-refractivity contribution in [1.29, 1.82) is 0 Å².